The van der Waals surface area contributed by atoms with Crippen LogP contribution in [0.2, 0.25) is 0 Å². The zero-order chi connectivity index (χ0) is 11.3. The summed E-state index contributed by atoms with van der Waals surface area (Å²) in [5, 5.41) is 3.22. The molecule has 1 aromatic rings. The van der Waals surface area contributed by atoms with Gasteiger partial charge in [0, 0.05) is 18.5 Å². The lowest BCUT2D eigenvalue weighted by atomic mass is 10.1. The van der Waals surface area contributed by atoms with Gasteiger partial charge in [0.2, 0.25) is 0 Å². The molecular formula is C11H16ClNO2. The van der Waals surface area contributed by atoms with Crippen LogP contribution in [-0.2, 0) is 0 Å². The van der Waals surface area contributed by atoms with Crippen molar-refractivity contribution in [3.05, 3.63) is 17.7 Å². The summed E-state index contributed by atoms with van der Waals surface area (Å²) in [6.07, 6.45) is 0. The highest BCUT2D eigenvalue weighted by molar-refractivity contribution is 6.18. The molecule has 4 heteroatoms. The van der Waals surface area contributed by atoms with E-state index in [1.165, 1.54) is 0 Å². The first kappa shape index (κ1) is 12.0. The minimum Gasteiger partial charge on any atom is -0.497 e. The second kappa shape index (κ2) is 5.71. The zero-order valence-corrected chi connectivity index (χ0v) is 10.0. The molecule has 0 bridgehead atoms. The molecule has 0 heterocycles. The average Bonchev–Trinajstić information content (AvgIpc) is 2.26. The van der Waals surface area contributed by atoms with Crippen molar-refractivity contribution in [2.24, 2.45) is 0 Å². The van der Waals surface area contributed by atoms with Crippen LogP contribution in [0.15, 0.2) is 12.1 Å². The number of halogens is 1. The number of methoxy groups -OCH3 is 2. The average molecular weight is 230 g/mol. The van der Waals surface area contributed by atoms with E-state index >= 15 is 0 Å². The quantitative estimate of drug-likeness (QED) is 0.788. The number of hydrogen-bond acceptors (Lipinski definition) is 3. The van der Waals surface area contributed by atoms with Gasteiger partial charge in [-0.1, -0.05) is 0 Å². The monoisotopic (exact) mass is 229 g/mol. The van der Waals surface area contributed by atoms with Crippen LogP contribution < -0.4 is 14.8 Å². The van der Waals surface area contributed by atoms with E-state index < -0.39 is 0 Å². The van der Waals surface area contributed by atoms with Gasteiger partial charge in [0.1, 0.15) is 11.5 Å². The van der Waals surface area contributed by atoms with Gasteiger partial charge >= 0.3 is 0 Å². The van der Waals surface area contributed by atoms with Crippen LogP contribution in [0.5, 0.6) is 11.5 Å². The van der Waals surface area contributed by atoms with Gasteiger partial charge < -0.3 is 14.8 Å². The molecule has 0 spiro atoms. The summed E-state index contributed by atoms with van der Waals surface area (Å²) in [7, 11) is 3.28. The Bertz CT molecular complexity index is 329. The fourth-order valence-electron chi connectivity index (χ4n) is 1.40. The largest absolute Gasteiger partial charge is 0.497 e. The molecule has 15 heavy (non-hydrogen) atoms. The van der Waals surface area contributed by atoms with E-state index in [0.717, 1.165) is 22.7 Å². The van der Waals surface area contributed by atoms with Crippen LogP contribution in [-0.4, -0.2) is 26.6 Å². The fourth-order valence-corrected chi connectivity index (χ4v) is 1.50. The molecule has 0 unspecified atom stereocenters. The van der Waals surface area contributed by atoms with Crippen molar-refractivity contribution < 1.29 is 9.47 Å². The van der Waals surface area contributed by atoms with E-state index in [4.69, 9.17) is 21.1 Å². The third kappa shape index (κ3) is 2.93. The fraction of sp³-hybridized carbons (Fsp3) is 0.455. The van der Waals surface area contributed by atoms with Crippen molar-refractivity contribution in [1.29, 1.82) is 0 Å². The normalized spacial score (nSPS) is 9.87. The Kier molecular flexibility index (Phi) is 4.56. The van der Waals surface area contributed by atoms with Crippen molar-refractivity contribution in [2.45, 2.75) is 6.92 Å². The van der Waals surface area contributed by atoms with Gasteiger partial charge in [0.05, 0.1) is 19.9 Å². The Balaban J connectivity index is 3.01. The summed E-state index contributed by atoms with van der Waals surface area (Å²) < 4.78 is 10.4. The second-order valence-electron chi connectivity index (χ2n) is 3.14. The van der Waals surface area contributed by atoms with Gasteiger partial charge in [-0.3, -0.25) is 0 Å². The van der Waals surface area contributed by atoms with Crippen LogP contribution in [0.4, 0.5) is 5.69 Å². The van der Waals surface area contributed by atoms with Gasteiger partial charge in [0.15, 0.2) is 0 Å². The molecule has 1 N–H and O–H groups in total. The number of hydrogen-bond donors (Lipinski definition) is 1. The Hall–Kier alpha value is -1.09. The van der Waals surface area contributed by atoms with Crippen molar-refractivity contribution >= 4 is 17.3 Å². The Morgan fingerprint density at radius 3 is 2.53 bits per heavy atom. The van der Waals surface area contributed by atoms with Crippen LogP contribution in [0.3, 0.4) is 0 Å². The topological polar surface area (TPSA) is 30.5 Å². The number of nitrogens with one attached hydrogen (secondary N) is 1. The minimum absolute atomic E-state index is 0.564. The molecule has 0 saturated carbocycles. The van der Waals surface area contributed by atoms with Crippen molar-refractivity contribution in [3.8, 4) is 11.5 Å². The Morgan fingerprint density at radius 2 is 2.00 bits per heavy atom. The maximum absolute atomic E-state index is 5.63. The third-order valence-corrected chi connectivity index (χ3v) is 2.31. The smallest absolute Gasteiger partial charge is 0.145 e. The van der Waals surface area contributed by atoms with Crippen molar-refractivity contribution in [1.82, 2.24) is 0 Å². The highest BCUT2D eigenvalue weighted by Crippen LogP contribution is 2.32. The van der Waals surface area contributed by atoms with Crippen molar-refractivity contribution in [2.75, 3.05) is 32.0 Å². The lowest BCUT2D eigenvalue weighted by Crippen LogP contribution is -2.06. The van der Waals surface area contributed by atoms with E-state index in [2.05, 4.69) is 5.32 Å². The zero-order valence-electron chi connectivity index (χ0n) is 9.26. The van der Waals surface area contributed by atoms with Gasteiger partial charge in [-0.15, -0.1) is 11.6 Å². The molecule has 0 aliphatic heterocycles. The summed E-state index contributed by atoms with van der Waals surface area (Å²) in [5.74, 6) is 2.13. The molecule has 0 fully saturated rings. The first-order chi connectivity index (χ1) is 7.22. The molecule has 0 atom stereocenters. The SMILES string of the molecule is COc1cc(C)c(NCCCl)c(OC)c1. The van der Waals surface area contributed by atoms with E-state index in [1.54, 1.807) is 14.2 Å². The van der Waals surface area contributed by atoms with Crippen LogP contribution >= 0.6 is 11.6 Å². The predicted molar refractivity (Wildman–Crippen MR) is 63.5 cm³/mol. The third-order valence-electron chi connectivity index (χ3n) is 2.12. The molecule has 84 valence electrons. The molecule has 0 aliphatic rings. The van der Waals surface area contributed by atoms with E-state index in [-0.39, 0.29) is 0 Å². The Labute approximate surface area is 95.3 Å². The van der Waals surface area contributed by atoms with Crippen molar-refractivity contribution in [3.63, 3.8) is 0 Å². The van der Waals surface area contributed by atoms with Crippen LogP contribution in [0, 0.1) is 6.92 Å². The highest BCUT2D eigenvalue weighted by Gasteiger charge is 2.08. The van der Waals surface area contributed by atoms with E-state index in [1.807, 2.05) is 19.1 Å². The number of rotatable bonds is 5. The lowest BCUT2D eigenvalue weighted by molar-refractivity contribution is 0.395. The minimum atomic E-state index is 0.564. The van der Waals surface area contributed by atoms with E-state index in [0.29, 0.717) is 12.4 Å². The number of anilines is 1. The molecule has 1 aromatic carbocycles. The van der Waals surface area contributed by atoms with Gasteiger partial charge in [-0.05, 0) is 18.6 Å². The first-order valence-electron chi connectivity index (χ1n) is 4.75. The molecule has 0 radical (unpaired) electrons. The summed E-state index contributed by atoms with van der Waals surface area (Å²) >= 11 is 5.63. The first-order valence-corrected chi connectivity index (χ1v) is 5.28. The summed E-state index contributed by atoms with van der Waals surface area (Å²) in [5.41, 5.74) is 2.05. The van der Waals surface area contributed by atoms with Gasteiger partial charge in [-0.2, -0.15) is 0 Å². The van der Waals surface area contributed by atoms with Crippen LogP contribution in [0.1, 0.15) is 5.56 Å². The summed E-state index contributed by atoms with van der Waals surface area (Å²) in [6.45, 7) is 2.71. The second-order valence-corrected chi connectivity index (χ2v) is 3.52. The molecular weight excluding hydrogens is 214 g/mol. The standard InChI is InChI=1S/C11H16ClNO2/c1-8-6-9(14-2)7-10(15-3)11(8)13-5-4-12/h6-7,13H,4-5H2,1-3H3. The molecule has 0 aliphatic carbocycles. The number of aryl methyl sites for hydroxylation is 1. The summed E-state index contributed by atoms with van der Waals surface area (Å²) in [6, 6.07) is 3.81. The molecule has 0 saturated heterocycles. The summed E-state index contributed by atoms with van der Waals surface area (Å²) in [4.78, 5) is 0. The maximum atomic E-state index is 5.63. The highest BCUT2D eigenvalue weighted by atomic mass is 35.5. The molecule has 1 rings (SSSR count). The van der Waals surface area contributed by atoms with Gasteiger partial charge in [-0.25, -0.2) is 0 Å². The predicted octanol–water partition coefficient (Wildman–Crippen LogP) is 2.66. The maximum Gasteiger partial charge on any atom is 0.145 e. The number of benzene rings is 1. The molecule has 0 aromatic heterocycles. The Morgan fingerprint density at radius 1 is 1.27 bits per heavy atom. The lowest BCUT2D eigenvalue weighted by Gasteiger charge is -2.14. The van der Waals surface area contributed by atoms with Crippen LogP contribution in [0.25, 0.3) is 0 Å². The number of alkyl halides is 1. The van der Waals surface area contributed by atoms with E-state index in [9.17, 15) is 0 Å². The molecule has 3 nitrogen and oxygen atoms in total. The van der Waals surface area contributed by atoms with Gasteiger partial charge in [0.25, 0.3) is 0 Å². The number of ether oxygens (including phenoxy) is 2. The molecule has 0 amide bonds.